The number of hydrogen-bond donors (Lipinski definition) is 3. The first-order valence-corrected chi connectivity index (χ1v) is 12.9. The third-order valence-electron chi connectivity index (χ3n) is 6.22. The van der Waals surface area contributed by atoms with Crippen LogP contribution in [-0.4, -0.2) is 55.3 Å². The lowest BCUT2D eigenvalue weighted by atomic mass is 9.96. The lowest BCUT2D eigenvalue weighted by Gasteiger charge is -2.18. The molecule has 37 heavy (non-hydrogen) atoms. The van der Waals surface area contributed by atoms with Crippen LogP contribution in [0, 0.1) is 0 Å². The summed E-state index contributed by atoms with van der Waals surface area (Å²) in [5.41, 5.74) is 3.50. The number of aromatic amines is 1. The fourth-order valence-electron chi connectivity index (χ4n) is 4.27. The zero-order chi connectivity index (χ0) is 26.4. The number of carbonyl (C=O) groups is 2. The van der Waals surface area contributed by atoms with E-state index in [0.29, 0.717) is 51.6 Å². The number of nitrogens with zero attached hydrogens (tertiary/aromatic N) is 1. The van der Waals surface area contributed by atoms with Crippen LogP contribution in [0.4, 0.5) is 0 Å². The highest BCUT2D eigenvalue weighted by atomic mass is 35.5. The van der Waals surface area contributed by atoms with Gasteiger partial charge in [0.2, 0.25) is 0 Å². The van der Waals surface area contributed by atoms with Gasteiger partial charge in [0.05, 0.1) is 17.1 Å². The molecular formula is C29H30Cl2N4O2. The first-order valence-electron chi connectivity index (χ1n) is 12.1. The summed E-state index contributed by atoms with van der Waals surface area (Å²) in [5.74, 6) is -0.254. The first-order chi connectivity index (χ1) is 17.8. The molecule has 0 aliphatic heterocycles. The van der Waals surface area contributed by atoms with Crippen LogP contribution in [0.3, 0.4) is 0 Å². The van der Waals surface area contributed by atoms with Gasteiger partial charge in [0.1, 0.15) is 0 Å². The molecule has 0 unspecified atom stereocenters. The number of hydrogen-bond acceptors (Lipinski definition) is 4. The molecule has 1 aromatic heterocycles. The molecule has 8 heteroatoms. The van der Waals surface area contributed by atoms with Crippen molar-refractivity contribution in [1.29, 1.82) is 0 Å². The van der Waals surface area contributed by atoms with Gasteiger partial charge in [-0.2, -0.15) is 0 Å². The Bertz CT molecular complexity index is 1390. The minimum Gasteiger partial charge on any atom is -0.360 e. The molecule has 6 nitrogen and oxygen atoms in total. The van der Waals surface area contributed by atoms with E-state index in [1.165, 1.54) is 0 Å². The summed E-state index contributed by atoms with van der Waals surface area (Å²) in [7, 11) is 3.91. The quantitative estimate of drug-likeness (QED) is 0.220. The molecule has 0 fully saturated rings. The van der Waals surface area contributed by atoms with Crippen molar-refractivity contribution in [2.45, 2.75) is 12.5 Å². The average Bonchev–Trinajstić information content (AvgIpc) is 3.32. The molecule has 1 atom stereocenters. The summed E-state index contributed by atoms with van der Waals surface area (Å²) >= 11 is 12.4. The number of benzene rings is 3. The monoisotopic (exact) mass is 536 g/mol. The van der Waals surface area contributed by atoms with Gasteiger partial charge < -0.3 is 20.5 Å². The molecule has 0 bridgehead atoms. The van der Waals surface area contributed by atoms with Gasteiger partial charge in [0, 0.05) is 46.8 Å². The fraction of sp³-hybridized carbons (Fsp3) is 0.241. The molecule has 4 aromatic rings. The van der Waals surface area contributed by atoms with E-state index < -0.39 is 6.04 Å². The van der Waals surface area contributed by atoms with Crippen molar-refractivity contribution in [2.75, 3.05) is 33.7 Å². The van der Waals surface area contributed by atoms with Crippen LogP contribution in [0.1, 0.15) is 37.9 Å². The van der Waals surface area contributed by atoms with Crippen molar-refractivity contribution < 1.29 is 9.59 Å². The zero-order valence-corrected chi connectivity index (χ0v) is 22.4. The average molecular weight is 537 g/mol. The Labute approximate surface area is 227 Å². The molecule has 3 aromatic carbocycles. The van der Waals surface area contributed by atoms with E-state index in [2.05, 4.69) is 15.6 Å². The van der Waals surface area contributed by atoms with E-state index in [4.69, 9.17) is 23.2 Å². The lowest BCUT2D eigenvalue weighted by Crippen LogP contribution is -2.31. The van der Waals surface area contributed by atoms with Gasteiger partial charge in [-0.1, -0.05) is 71.7 Å². The minimum absolute atomic E-state index is 0.0789. The van der Waals surface area contributed by atoms with Gasteiger partial charge in [-0.05, 0) is 49.8 Å². The van der Waals surface area contributed by atoms with Crippen molar-refractivity contribution in [3.05, 3.63) is 105 Å². The van der Waals surface area contributed by atoms with Crippen molar-refractivity contribution in [3.8, 4) is 0 Å². The summed E-state index contributed by atoms with van der Waals surface area (Å²) in [6, 6.07) is 19.9. The first kappa shape index (κ1) is 26.9. The molecule has 0 spiro atoms. The predicted octanol–water partition coefficient (Wildman–Crippen LogP) is 5.52. The van der Waals surface area contributed by atoms with Crippen molar-refractivity contribution in [3.63, 3.8) is 0 Å². The number of Topliss-reactive ketones (excluding diaryl/α,β-unsaturated/α-hetero) is 1. The number of ketones is 1. The molecule has 0 saturated carbocycles. The van der Waals surface area contributed by atoms with E-state index in [0.717, 1.165) is 17.7 Å². The van der Waals surface area contributed by atoms with Crippen molar-refractivity contribution in [2.24, 2.45) is 0 Å². The maximum atomic E-state index is 13.9. The second kappa shape index (κ2) is 12.4. The minimum atomic E-state index is -0.566. The molecule has 4 rings (SSSR count). The summed E-state index contributed by atoms with van der Waals surface area (Å²) in [6.07, 6.45) is 2.33. The molecule has 1 amide bonds. The summed E-state index contributed by atoms with van der Waals surface area (Å²) in [4.78, 5) is 31.9. The molecule has 3 N–H and O–H groups in total. The molecule has 0 aliphatic carbocycles. The number of H-pyrrole nitrogens is 1. The second-order valence-electron chi connectivity index (χ2n) is 9.14. The Balaban J connectivity index is 1.57. The standard InChI is InChI=1S/C29H30Cl2N4O2/c1-35(2)16-15-33-29(37)23-10-6-9-22-24(18-34-27(22)23)28(36)26(20-7-4-3-5-8-20)32-14-13-19-11-12-21(30)17-25(19)31/h3-12,17-18,26,32,34H,13-16H2,1-2H3,(H,33,37)/t26-/m1/s1. The number of amides is 1. The molecule has 1 heterocycles. The lowest BCUT2D eigenvalue weighted by molar-refractivity contribution is 0.0939. The molecule has 192 valence electrons. The van der Waals surface area contributed by atoms with E-state index in [1.807, 2.05) is 67.5 Å². The number of aromatic nitrogens is 1. The Hall–Kier alpha value is -3.16. The number of carbonyl (C=O) groups excluding carboxylic acids is 2. The maximum Gasteiger partial charge on any atom is 0.253 e. The SMILES string of the molecule is CN(C)CCNC(=O)c1cccc2c(C(=O)[C@H](NCCc3ccc(Cl)cc3Cl)c3ccccc3)c[nH]c12. The number of likely N-dealkylation sites (N-methyl/N-ethyl adjacent to an activating group) is 1. The number of nitrogens with one attached hydrogen (secondary N) is 3. The third-order valence-corrected chi connectivity index (χ3v) is 6.81. The van der Waals surface area contributed by atoms with Crippen LogP contribution in [0.15, 0.2) is 72.9 Å². The largest absolute Gasteiger partial charge is 0.360 e. The fourth-order valence-corrected chi connectivity index (χ4v) is 4.78. The van der Waals surface area contributed by atoms with E-state index >= 15 is 0 Å². The Morgan fingerprint density at radius 1 is 0.946 bits per heavy atom. The number of para-hydroxylation sites is 1. The van der Waals surface area contributed by atoms with Crippen molar-refractivity contribution >= 4 is 45.8 Å². The second-order valence-corrected chi connectivity index (χ2v) is 9.98. The van der Waals surface area contributed by atoms with E-state index in [1.54, 1.807) is 24.4 Å². The van der Waals surface area contributed by atoms with Crippen LogP contribution < -0.4 is 10.6 Å². The van der Waals surface area contributed by atoms with Gasteiger partial charge in [-0.15, -0.1) is 0 Å². The summed E-state index contributed by atoms with van der Waals surface area (Å²) < 4.78 is 0. The van der Waals surface area contributed by atoms with Crippen LogP contribution in [0.5, 0.6) is 0 Å². The van der Waals surface area contributed by atoms with Crippen molar-refractivity contribution in [1.82, 2.24) is 20.5 Å². The van der Waals surface area contributed by atoms with Crippen LogP contribution in [0.25, 0.3) is 10.9 Å². The molecule has 0 aliphatic rings. The van der Waals surface area contributed by atoms with Crippen LogP contribution in [-0.2, 0) is 6.42 Å². The maximum absolute atomic E-state index is 13.9. The topological polar surface area (TPSA) is 77.2 Å². The third kappa shape index (κ3) is 6.59. The summed E-state index contributed by atoms with van der Waals surface area (Å²) in [5, 5.41) is 8.27. The van der Waals surface area contributed by atoms with Gasteiger partial charge >= 0.3 is 0 Å². The highest BCUT2D eigenvalue weighted by molar-refractivity contribution is 6.35. The summed E-state index contributed by atoms with van der Waals surface area (Å²) in [6.45, 7) is 1.81. The molecular weight excluding hydrogens is 507 g/mol. The molecule has 0 saturated heterocycles. The molecule has 0 radical (unpaired) electrons. The Morgan fingerprint density at radius 3 is 2.46 bits per heavy atom. The van der Waals surface area contributed by atoms with E-state index in [9.17, 15) is 9.59 Å². The Kier molecular flexibility index (Phi) is 9.00. The predicted molar refractivity (Wildman–Crippen MR) is 151 cm³/mol. The number of halogens is 2. The highest BCUT2D eigenvalue weighted by Crippen LogP contribution is 2.27. The normalized spacial score (nSPS) is 12.1. The van der Waals surface area contributed by atoms with Gasteiger partial charge in [0.25, 0.3) is 5.91 Å². The Morgan fingerprint density at radius 2 is 1.73 bits per heavy atom. The van der Waals surface area contributed by atoms with Gasteiger partial charge in [-0.25, -0.2) is 0 Å². The number of rotatable bonds is 11. The van der Waals surface area contributed by atoms with Gasteiger partial charge in [-0.3, -0.25) is 9.59 Å². The van der Waals surface area contributed by atoms with E-state index in [-0.39, 0.29) is 11.7 Å². The zero-order valence-electron chi connectivity index (χ0n) is 20.9. The van der Waals surface area contributed by atoms with Crippen LogP contribution >= 0.6 is 23.2 Å². The van der Waals surface area contributed by atoms with Gasteiger partial charge in [0.15, 0.2) is 5.78 Å². The number of fused-ring (bicyclic) bond motifs is 1. The smallest absolute Gasteiger partial charge is 0.253 e. The highest BCUT2D eigenvalue weighted by Gasteiger charge is 2.25. The van der Waals surface area contributed by atoms with Crippen LogP contribution in [0.2, 0.25) is 10.0 Å².